The van der Waals surface area contributed by atoms with E-state index in [2.05, 4.69) is 33.0 Å². The van der Waals surface area contributed by atoms with Crippen molar-refractivity contribution in [3.63, 3.8) is 0 Å². The number of ether oxygens (including phenoxy) is 1. The van der Waals surface area contributed by atoms with Crippen LogP contribution in [0.2, 0.25) is 0 Å². The molecule has 0 bridgehead atoms. The Morgan fingerprint density at radius 1 is 1.28 bits per heavy atom. The fourth-order valence-electron chi connectivity index (χ4n) is 4.00. The Balaban J connectivity index is 1.50. The van der Waals surface area contributed by atoms with Crippen molar-refractivity contribution < 1.29 is 9.53 Å². The number of aryl methyl sites for hydroxylation is 2. The smallest absolute Gasteiger partial charge is 0.272 e. The highest BCUT2D eigenvalue weighted by Crippen LogP contribution is 2.24. The van der Waals surface area contributed by atoms with Gasteiger partial charge in [0.1, 0.15) is 5.82 Å². The molecule has 154 valence electrons. The number of para-hydroxylation sites is 2. The van der Waals surface area contributed by atoms with E-state index < -0.39 is 0 Å². The van der Waals surface area contributed by atoms with Crippen LogP contribution in [0.15, 0.2) is 24.3 Å². The summed E-state index contributed by atoms with van der Waals surface area (Å²) in [4.78, 5) is 19.8. The number of hydrogen-bond acceptors (Lipinski definition) is 5. The number of benzene rings is 1. The first-order chi connectivity index (χ1) is 14.1. The van der Waals surface area contributed by atoms with Gasteiger partial charge in [0.05, 0.1) is 17.6 Å². The van der Waals surface area contributed by atoms with Crippen LogP contribution in [0.4, 0.5) is 0 Å². The van der Waals surface area contributed by atoms with Gasteiger partial charge in [-0.25, -0.2) is 4.98 Å². The van der Waals surface area contributed by atoms with Gasteiger partial charge in [0, 0.05) is 65.1 Å². The van der Waals surface area contributed by atoms with Gasteiger partial charge < -0.3 is 14.6 Å². The van der Waals surface area contributed by atoms with E-state index in [4.69, 9.17) is 9.72 Å². The molecule has 0 aliphatic carbocycles. The second-order valence-corrected chi connectivity index (χ2v) is 7.54. The normalized spacial score (nSPS) is 14.3. The first-order valence-corrected chi connectivity index (χ1v) is 10.0. The van der Waals surface area contributed by atoms with Crippen LogP contribution < -0.4 is 5.32 Å². The quantitative estimate of drug-likeness (QED) is 0.615. The average molecular weight is 396 g/mol. The molecule has 1 amide bonds. The molecular weight excluding hydrogens is 368 g/mol. The molecule has 0 saturated carbocycles. The Morgan fingerprint density at radius 2 is 2.10 bits per heavy atom. The van der Waals surface area contributed by atoms with E-state index in [0.717, 1.165) is 54.0 Å². The number of aromatic nitrogens is 4. The van der Waals surface area contributed by atoms with Crippen molar-refractivity contribution in [2.75, 3.05) is 26.8 Å². The molecule has 0 saturated heterocycles. The Hall–Kier alpha value is -2.71. The third kappa shape index (κ3) is 3.90. The van der Waals surface area contributed by atoms with Gasteiger partial charge in [0.25, 0.3) is 5.91 Å². The fourth-order valence-corrected chi connectivity index (χ4v) is 4.00. The van der Waals surface area contributed by atoms with Crippen LogP contribution in [0.25, 0.3) is 11.0 Å². The number of nitrogens with one attached hydrogen (secondary N) is 1. The summed E-state index contributed by atoms with van der Waals surface area (Å²) in [5, 5.41) is 7.47. The zero-order valence-corrected chi connectivity index (χ0v) is 17.3. The standard InChI is InChI=1S/C21H28N6O2/c1-25-18-8-5-4-7-16(18)23-19(25)14-27-11-9-17-15(13-27)20(24-26(17)2)21(28)22-10-6-12-29-3/h4-5,7-8H,6,9-14H2,1-3H3,(H,22,28). The molecule has 1 aliphatic heterocycles. The van der Waals surface area contributed by atoms with Gasteiger partial charge in [-0.05, 0) is 18.6 Å². The number of amides is 1. The lowest BCUT2D eigenvalue weighted by molar-refractivity contribution is 0.0940. The van der Waals surface area contributed by atoms with Crippen molar-refractivity contribution in [3.8, 4) is 0 Å². The number of hydrogen-bond donors (Lipinski definition) is 1. The summed E-state index contributed by atoms with van der Waals surface area (Å²) in [6.45, 7) is 3.58. The highest BCUT2D eigenvalue weighted by atomic mass is 16.5. The zero-order chi connectivity index (χ0) is 20.4. The summed E-state index contributed by atoms with van der Waals surface area (Å²) < 4.78 is 9.04. The van der Waals surface area contributed by atoms with Crippen LogP contribution in [-0.4, -0.2) is 56.9 Å². The molecule has 1 N–H and O–H groups in total. The molecule has 0 atom stereocenters. The van der Waals surface area contributed by atoms with Gasteiger partial charge in [-0.15, -0.1) is 0 Å². The lowest BCUT2D eigenvalue weighted by atomic mass is 10.0. The maximum atomic E-state index is 12.7. The van der Waals surface area contributed by atoms with Crippen LogP contribution in [0, 0.1) is 0 Å². The lowest BCUT2D eigenvalue weighted by Crippen LogP contribution is -2.33. The molecule has 0 radical (unpaired) electrons. The molecule has 1 aromatic carbocycles. The molecule has 3 heterocycles. The topological polar surface area (TPSA) is 77.2 Å². The third-order valence-corrected chi connectivity index (χ3v) is 5.59. The molecule has 1 aliphatic rings. The number of imidazole rings is 1. The minimum atomic E-state index is -0.109. The monoisotopic (exact) mass is 396 g/mol. The summed E-state index contributed by atoms with van der Waals surface area (Å²) in [6.07, 6.45) is 1.66. The van der Waals surface area contributed by atoms with Crippen LogP contribution in [0.1, 0.15) is 34.0 Å². The molecule has 3 aromatic rings. The molecule has 29 heavy (non-hydrogen) atoms. The number of rotatable bonds is 7. The highest BCUT2D eigenvalue weighted by molar-refractivity contribution is 5.94. The summed E-state index contributed by atoms with van der Waals surface area (Å²) in [7, 11) is 5.64. The van der Waals surface area contributed by atoms with Crippen molar-refractivity contribution in [2.45, 2.75) is 25.9 Å². The second-order valence-electron chi connectivity index (χ2n) is 7.54. The van der Waals surface area contributed by atoms with Crippen LogP contribution in [0.3, 0.4) is 0 Å². The molecule has 8 heteroatoms. The van der Waals surface area contributed by atoms with Crippen molar-refractivity contribution in [1.29, 1.82) is 0 Å². The molecule has 0 unspecified atom stereocenters. The van der Waals surface area contributed by atoms with Crippen molar-refractivity contribution in [2.24, 2.45) is 14.1 Å². The number of carbonyl (C=O) groups excluding carboxylic acids is 1. The molecule has 0 fully saturated rings. The van der Waals surface area contributed by atoms with Crippen molar-refractivity contribution >= 4 is 16.9 Å². The minimum absolute atomic E-state index is 0.109. The number of carbonyl (C=O) groups is 1. The summed E-state index contributed by atoms with van der Waals surface area (Å²) in [6, 6.07) is 8.18. The Morgan fingerprint density at radius 3 is 2.90 bits per heavy atom. The van der Waals surface area contributed by atoms with E-state index in [1.165, 1.54) is 0 Å². The Bertz CT molecular complexity index is 1020. The van der Waals surface area contributed by atoms with Crippen molar-refractivity contribution in [3.05, 3.63) is 47.0 Å². The molecular formula is C21H28N6O2. The first-order valence-electron chi connectivity index (χ1n) is 10.0. The number of fused-ring (bicyclic) bond motifs is 2. The van der Waals surface area contributed by atoms with Gasteiger partial charge in [0.2, 0.25) is 0 Å². The minimum Gasteiger partial charge on any atom is -0.385 e. The SMILES string of the molecule is COCCCNC(=O)c1nn(C)c2c1CN(Cc1nc3ccccc3n1C)CC2. The van der Waals surface area contributed by atoms with Crippen LogP contribution in [0.5, 0.6) is 0 Å². The maximum Gasteiger partial charge on any atom is 0.272 e. The number of nitrogens with zero attached hydrogens (tertiary/aromatic N) is 5. The lowest BCUT2D eigenvalue weighted by Gasteiger charge is -2.27. The number of methoxy groups -OCH3 is 1. The van der Waals surface area contributed by atoms with E-state index in [1.54, 1.807) is 7.11 Å². The van der Waals surface area contributed by atoms with E-state index in [0.29, 0.717) is 25.4 Å². The Kier molecular flexibility index (Phi) is 5.64. The summed E-state index contributed by atoms with van der Waals surface area (Å²) in [5.74, 6) is 0.923. The fraction of sp³-hybridized carbons (Fsp3) is 0.476. The first kappa shape index (κ1) is 19.6. The van der Waals surface area contributed by atoms with Gasteiger partial charge in [-0.2, -0.15) is 5.10 Å². The van der Waals surface area contributed by atoms with Gasteiger partial charge in [0.15, 0.2) is 5.69 Å². The van der Waals surface area contributed by atoms with Gasteiger partial charge in [-0.1, -0.05) is 12.1 Å². The van der Waals surface area contributed by atoms with Gasteiger partial charge in [-0.3, -0.25) is 14.4 Å². The molecule has 0 spiro atoms. The predicted octanol–water partition coefficient (Wildman–Crippen LogP) is 1.63. The van der Waals surface area contributed by atoms with Crippen LogP contribution >= 0.6 is 0 Å². The summed E-state index contributed by atoms with van der Waals surface area (Å²) >= 11 is 0. The highest BCUT2D eigenvalue weighted by Gasteiger charge is 2.27. The summed E-state index contributed by atoms with van der Waals surface area (Å²) in [5.41, 5.74) is 4.86. The largest absolute Gasteiger partial charge is 0.385 e. The zero-order valence-electron chi connectivity index (χ0n) is 17.3. The second kappa shape index (κ2) is 8.34. The maximum absolute atomic E-state index is 12.7. The third-order valence-electron chi connectivity index (χ3n) is 5.59. The van der Waals surface area contributed by atoms with Crippen molar-refractivity contribution in [1.82, 2.24) is 29.5 Å². The molecule has 4 rings (SSSR count). The predicted molar refractivity (Wildman–Crippen MR) is 111 cm³/mol. The van der Waals surface area contributed by atoms with Crippen LogP contribution in [-0.2, 0) is 38.3 Å². The molecule has 2 aromatic heterocycles. The van der Waals surface area contributed by atoms with E-state index >= 15 is 0 Å². The Labute approximate surface area is 170 Å². The average Bonchev–Trinajstić information content (AvgIpc) is 3.22. The van der Waals surface area contributed by atoms with Gasteiger partial charge >= 0.3 is 0 Å². The van der Waals surface area contributed by atoms with E-state index in [1.807, 2.05) is 29.9 Å². The molecule has 8 nitrogen and oxygen atoms in total. The van der Waals surface area contributed by atoms with E-state index in [-0.39, 0.29) is 5.91 Å². The van der Waals surface area contributed by atoms with E-state index in [9.17, 15) is 4.79 Å².